The van der Waals surface area contributed by atoms with Crippen LogP contribution in [-0.2, 0) is 23.9 Å². The van der Waals surface area contributed by atoms with Crippen molar-refractivity contribution in [2.75, 3.05) is 6.54 Å². The Morgan fingerprint density at radius 1 is 1.17 bits per heavy atom. The zero-order valence-corrected chi connectivity index (χ0v) is 12.8. The predicted octanol–water partition coefficient (Wildman–Crippen LogP) is 3.84. The Labute approximate surface area is 137 Å². The zero-order chi connectivity index (χ0) is 17.3. The number of carbonyl (C=O) groups is 1. The van der Waals surface area contributed by atoms with E-state index in [9.17, 15) is 18.0 Å². The van der Waals surface area contributed by atoms with Crippen LogP contribution in [0.4, 0.5) is 13.2 Å². The van der Waals surface area contributed by atoms with Gasteiger partial charge in [-0.05, 0) is 41.3 Å². The molecule has 1 aliphatic rings. The van der Waals surface area contributed by atoms with Crippen molar-refractivity contribution in [2.24, 2.45) is 0 Å². The van der Waals surface area contributed by atoms with E-state index in [1.54, 1.807) is 4.90 Å². The minimum absolute atomic E-state index is 0.123. The number of aromatic nitrogens is 1. The van der Waals surface area contributed by atoms with Crippen LogP contribution in [0.25, 0.3) is 11.1 Å². The van der Waals surface area contributed by atoms with Crippen molar-refractivity contribution in [1.82, 2.24) is 9.88 Å². The maximum Gasteiger partial charge on any atom is 0.433 e. The quantitative estimate of drug-likeness (QED) is 0.783. The molecular weight excluding hydrogens is 317 g/mol. The molecule has 3 nitrogen and oxygen atoms in total. The number of benzene rings is 1. The SMILES string of the molecule is C=CC(=O)N1CCc2ccc(-c3ccc(C(F)(F)F)nc3)cc2C1. The van der Waals surface area contributed by atoms with Gasteiger partial charge >= 0.3 is 6.18 Å². The van der Waals surface area contributed by atoms with Crippen LogP contribution >= 0.6 is 0 Å². The van der Waals surface area contributed by atoms with Crippen molar-refractivity contribution in [3.8, 4) is 11.1 Å². The van der Waals surface area contributed by atoms with Crippen molar-refractivity contribution in [3.05, 3.63) is 66.0 Å². The number of fused-ring (bicyclic) bond motifs is 1. The molecule has 0 unspecified atom stereocenters. The second-order valence-electron chi connectivity index (χ2n) is 5.63. The largest absolute Gasteiger partial charge is 0.433 e. The lowest BCUT2D eigenvalue weighted by Crippen LogP contribution is -2.34. The van der Waals surface area contributed by atoms with Crippen LogP contribution in [0, 0.1) is 0 Å². The fourth-order valence-corrected chi connectivity index (χ4v) is 2.79. The summed E-state index contributed by atoms with van der Waals surface area (Å²) in [4.78, 5) is 16.9. The topological polar surface area (TPSA) is 33.2 Å². The standard InChI is InChI=1S/C18H15F3N2O/c1-2-17(24)23-8-7-12-3-4-13(9-15(12)11-23)14-5-6-16(22-10-14)18(19,20)21/h2-6,9-10H,1,7-8,11H2. The highest BCUT2D eigenvalue weighted by atomic mass is 19.4. The Bertz CT molecular complexity index is 782. The Morgan fingerprint density at radius 3 is 2.54 bits per heavy atom. The fourth-order valence-electron chi connectivity index (χ4n) is 2.79. The van der Waals surface area contributed by atoms with Crippen molar-refractivity contribution in [1.29, 1.82) is 0 Å². The summed E-state index contributed by atoms with van der Waals surface area (Å²) in [6.45, 7) is 4.61. The molecule has 6 heteroatoms. The lowest BCUT2D eigenvalue weighted by atomic mass is 9.95. The summed E-state index contributed by atoms with van der Waals surface area (Å²) in [6.07, 6.45) is -1.19. The molecule has 0 fully saturated rings. The van der Waals surface area contributed by atoms with Gasteiger partial charge in [0.15, 0.2) is 0 Å². The summed E-state index contributed by atoms with van der Waals surface area (Å²) in [5, 5.41) is 0. The second kappa shape index (κ2) is 6.11. The summed E-state index contributed by atoms with van der Waals surface area (Å²) in [7, 11) is 0. The average molecular weight is 332 g/mol. The Balaban J connectivity index is 1.89. The van der Waals surface area contributed by atoms with Gasteiger partial charge in [0.25, 0.3) is 0 Å². The van der Waals surface area contributed by atoms with E-state index in [0.717, 1.165) is 29.2 Å². The first-order valence-electron chi connectivity index (χ1n) is 7.45. The molecule has 0 aliphatic carbocycles. The zero-order valence-electron chi connectivity index (χ0n) is 12.8. The molecule has 2 aromatic rings. The number of halogens is 3. The van der Waals surface area contributed by atoms with E-state index in [1.165, 1.54) is 18.3 Å². The Kier molecular flexibility index (Phi) is 4.13. The molecule has 0 radical (unpaired) electrons. The van der Waals surface area contributed by atoms with Crippen molar-refractivity contribution in [2.45, 2.75) is 19.1 Å². The van der Waals surface area contributed by atoms with Crippen LogP contribution in [0.2, 0.25) is 0 Å². The molecule has 1 aromatic heterocycles. The van der Waals surface area contributed by atoms with Gasteiger partial charge in [-0.3, -0.25) is 9.78 Å². The number of pyridine rings is 1. The molecular formula is C18H15F3N2O. The van der Waals surface area contributed by atoms with Gasteiger partial charge in [0.1, 0.15) is 5.69 Å². The maximum absolute atomic E-state index is 12.6. The normalized spacial score (nSPS) is 14.2. The summed E-state index contributed by atoms with van der Waals surface area (Å²) in [5.41, 5.74) is 2.62. The van der Waals surface area contributed by atoms with E-state index in [1.807, 2.05) is 18.2 Å². The lowest BCUT2D eigenvalue weighted by Gasteiger charge is -2.28. The number of rotatable bonds is 2. The van der Waals surface area contributed by atoms with E-state index in [4.69, 9.17) is 0 Å². The van der Waals surface area contributed by atoms with Gasteiger partial charge in [-0.15, -0.1) is 0 Å². The molecule has 0 saturated carbocycles. The van der Waals surface area contributed by atoms with E-state index < -0.39 is 11.9 Å². The van der Waals surface area contributed by atoms with Crippen molar-refractivity contribution in [3.63, 3.8) is 0 Å². The number of carbonyl (C=O) groups excluding carboxylic acids is 1. The van der Waals surface area contributed by atoms with E-state index in [2.05, 4.69) is 11.6 Å². The van der Waals surface area contributed by atoms with Crippen molar-refractivity contribution < 1.29 is 18.0 Å². The summed E-state index contributed by atoms with van der Waals surface area (Å²) < 4.78 is 37.8. The first kappa shape index (κ1) is 16.2. The van der Waals surface area contributed by atoms with Gasteiger partial charge in [0.2, 0.25) is 5.91 Å². The van der Waals surface area contributed by atoms with Crippen LogP contribution in [-0.4, -0.2) is 22.3 Å². The Hall–Kier alpha value is -2.63. The third-order valence-corrected chi connectivity index (χ3v) is 4.09. The molecule has 3 rings (SSSR count). The highest BCUT2D eigenvalue weighted by Crippen LogP contribution is 2.30. The van der Waals surface area contributed by atoms with Crippen molar-refractivity contribution >= 4 is 5.91 Å². The first-order valence-corrected chi connectivity index (χ1v) is 7.45. The molecule has 24 heavy (non-hydrogen) atoms. The third kappa shape index (κ3) is 3.18. The molecule has 124 valence electrons. The number of alkyl halides is 3. The number of nitrogens with zero attached hydrogens (tertiary/aromatic N) is 2. The van der Waals surface area contributed by atoms with Crippen LogP contribution in [0.5, 0.6) is 0 Å². The summed E-state index contributed by atoms with van der Waals surface area (Å²) in [5.74, 6) is -0.123. The van der Waals surface area contributed by atoms with Gasteiger partial charge in [-0.25, -0.2) is 0 Å². The molecule has 0 bridgehead atoms. The Morgan fingerprint density at radius 2 is 1.92 bits per heavy atom. The maximum atomic E-state index is 12.6. The summed E-state index contributed by atoms with van der Waals surface area (Å²) >= 11 is 0. The highest BCUT2D eigenvalue weighted by Gasteiger charge is 2.32. The van der Waals surface area contributed by atoms with E-state index in [0.29, 0.717) is 18.7 Å². The van der Waals surface area contributed by atoms with E-state index in [-0.39, 0.29) is 5.91 Å². The molecule has 0 atom stereocenters. The second-order valence-corrected chi connectivity index (χ2v) is 5.63. The highest BCUT2D eigenvalue weighted by molar-refractivity contribution is 5.87. The molecule has 0 spiro atoms. The molecule has 0 N–H and O–H groups in total. The van der Waals surface area contributed by atoms with E-state index >= 15 is 0 Å². The van der Waals surface area contributed by atoms with Gasteiger partial charge in [0.05, 0.1) is 0 Å². The number of hydrogen-bond acceptors (Lipinski definition) is 2. The minimum Gasteiger partial charge on any atom is -0.335 e. The molecule has 1 amide bonds. The van der Waals surface area contributed by atoms with Crippen LogP contribution in [0.3, 0.4) is 0 Å². The van der Waals surface area contributed by atoms with Crippen LogP contribution in [0.15, 0.2) is 49.2 Å². The lowest BCUT2D eigenvalue weighted by molar-refractivity contribution is -0.141. The van der Waals surface area contributed by atoms with Gasteiger partial charge < -0.3 is 4.90 Å². The molecule has 2 heterocycles. The minimum atomic E-state index is -4.44. The van der Waals surface area contributed by atoms with Crippen LogP contribution in [0.1, 0.15) is 16.8 Å². The summed E-state index contributed by atoms with van der Waals surface area (Å²) in [6, 6.07) is 8.11. The molecule has 0 saturated heterocycles. The molecule has 1 aliphatic heterocycles. The van der Waals surface area contributed by atoms with Gasteiger partial charge in [0, 0.05) is 24.8 Å². The van der Waals surface area contributed by atoms with Crippen LogP contribution < -0.4 is 0 Å². The van der Waals surface area contributed by atoms with Gasteiger partial charge in [-0.2, -0.15) is 13.2 Å². The van der Waals surface area contributed by atoms with Gasteiger partial charge in [-0.1, -0.05) is 24.8 Å². The molecule has 1 aromatic carbocycles. The smallest absolute Gasteiger partial charge is 0.335 e. The predicted molar refractivity (Wildman–Crippen MR) is 84.0 cm³/mol. The monoisotopic (exact) mass is 332 g/mol. The average Bonchev–Trinajstić information content (AvgIpc) is 2.59. The number of hydrogen-bond donors (Lipinski definition) is 0. The fraction of sp³-hybridized carbons (Fsp3) is 0.222. The number of amides is 1. The third-order valence-electron chi connectivity index (χ3n) is 4.09. The first-order chi connectivity index (χ1) is 11.4.